The van der Waals surface area contributed by atoms with Crippen molar-refractivity contribution in [3.05, 3.63) is 64.7 Å². The summed E-state index contributed by atoms with van der Waals surface area (Å²) in [6, 6.07) is 12.8. The van der Waals surface area contributed by atoms with Gasteiger partial charge in [-0.25, -0.2) is 8.42 Å². The lowest BCUT2D eigenvalue weighted by Gasteiger charge is -2.23. The number of anilines is 1. The predicted molar refractivity (Wildman–Crippen MR) is 126 cm³/mol. The third kappa shape index (κ3) is 6.55. The zero-order chi connectivity index (χ0) is 22.4. The Morgan fingerprint density at radius 1 is 1.03 bits per heavy atom. The van der Waals surface area contributed by atoms with Gasteiger partial charge in [0.1, 0.15) is 0 Å². The molecule has 1 saturated heterocycles. The number of benzene rings is 2. The summed E-state index contributed by atoms with van der Waals surface area (Å²) >= 11 is 0. The van der Waals surface area contributed by atoms with Crippen LogP contribution < -0.4 is 9.62 Å². The molecule has 0 radical (unpaired) electrons. The Kier molecular flexibility index (Phi) is 7.73. The van der Waals surface area contributed by atoms with Gasteiger partial charge >= 0.3 is 0 Å². The van der Waals surface area contributed by atoms with Gasteiger partial charge in [-0.15, -0.1) is 0 Å². The van der Waals surface area contributed by atoms with Gasteiger partial charge in [0.25, 0.3) is 5.91 Å². The van der Waals surface area contributed by atoms with Crippen LogP contribution in [0.15, 0.2) is 42.5 Å². The van der Waals surface area contributed by atoms with Gasteiger partial charge < -0.3 is 10.2 Å². The van der Waals surface area contributed by atoms with Crippen molar-refractivity contribution >= 4 is 21.6 Å². The highest BCUT2D eigenvalue weighted by molar-refractivity contribution is 7.92. The van der Waals surface area contributed by atoms with Gasteiger partial charge in [0.15, 0.2) is 0 Å². The van der Waals surface area contributed by atoms with Gasteiger partial charge in [-0.2, -0.15) is 0 Å². The molecule has 31 heavy (non-hydrogen) atoms. The Morgan fingerprint density at radius 2 is 1.71 bits per heavy atom. The van der Waals surface area contributed by atoms with Gasteiger partial charge in [0, 0.05) is 12.1 Å². The van der Waals surface area contributed by atoms with Crippen LogP contribution in [0, 0.1) is 13.8 Å². The number of nitrogens with zero attached hydrogens (tertiary/aromatic N) is 2. The van der Waals surface area contributed by atoms with E-state index in [1.807, 2.05) is 44.2 Å². The molecule has 1 amide bonds. The summed E-state index contributed by atoms with van der Waals surface area (Å²) in [7, 11) is -3.44. The standard InChI is InChI=1S/C24H33N3O3S/c1-19-7-12-23(17-20(19)2)27(31(3,29)30)18-21-8-10-22(11-9-21)24(28)25-13-6-16-26-14-4-5-15-26/h7-12,17H,4-6,13-16,18H2,1-3H3,(H,25,28). The van der Waals surface area contributed by atoms with Gasteiger partial charge in [0.2, 0.25) is 10.0 Å². The maximum absolute atomic E-state index is 12.4. The topological polar surface area (TPSA) is 69.7 Å². The van der Waals surface area contributed by atoms with Crippen molar-refractivity contribution in [3.8, 4) is 0 Å². The Bertz CT molecular complexity index is 997. The molecule has 1 N–H and O–H groups in total. The number of nitrogens with one attached hydrogen (secondary N) is 1. The van der Waals surface area contributed by atoms with E-state index in [-0.39, 0.29) is 12.5 Å². The first-order chi connectivity index (χ1) is 14.7. The summed E-state index contributed by atoms with van der Waals surface area (Å²) in [5.41, 5.74) is 4.22. The molecular weight excluding hydrogens is 410 g/mol. The summed E-state index contributed by atoms with van der Waals surface area (Å²) in [4.78, 5) is 14.8. The van der Waals surface area contributed by atoms with Crippen molar-refractivity contribution < 1.29 is 13.2 Å². The van der Waals surface area contributed by atoms with Crippen molar-refractivity contribution in [1.82, 2.24) is 10.2 Å². The second-order valence-electron chi connectivity index (χ2n) is 8.39. The molecule has 1 heterocycles. The van der Waals surface area contributed by atoms with Crippen LogP contribution in [0.1, 0.15) is 46.3 Å². The summed E-state index contributed by atoms with van der Waals surface area (Å²) in [6.07, 6.45) is 4.72. The van der Waals surface area contributed by atoms with Crippen LogP contribution >= 0.6 is 0 Å². The number of likely N-dealkylation sites (tertiary alicyclic amines) is 1. The summed E-state index contributed by atoms with van der Waals surface area (Å²) < 4.78 is 26.2. The normalized spacial score (nSPS) is 14.5. The van der Waals surface area contributed by atoms with Crippen LogP contribution in [0.25, 0.3) is 0 Å². The van der Waals surface area contributed by atoms with Crippen LogP contribution in [0.3, 0.4) is 0 Å². The number of hydrogen-bond donors (Lipinski definition) is 1. The number of rotatable bonds is 9. The zero-order valence-corrected chi connectivity index (χ0v) is 19.5. The monoisotopic (exact) mass is 443 g/mol. The van der Waals surface area contributed by atoms with E-state index in [1.54, 1.807) is 12.1 Å². The van der Waals surface area contributed by atoms with Gasteiger partial charge in [-0.05, 0) is 93.7 Å². The fourth-order valence-electron chi connectivity index (χ4n) is 3.82. The molecule has 1 aliphatic rings. The Labute approximate surface area is 186 Å². The molecule has 2 aromatic carbocycles. The number of carbonyl (C=O) groups excluding carboxylic acids is 1. The molecule has 3 rings (SSSR count). The molecule has 1 fully saturated rings. The number of aryl methyl sites for hydroxylation is 2. The largest absolute Gasteiger partial charge is 0.352 e. The maximum atomic E-state index is 12.4. The number of carbonyl (C=O) groups is 1. The molecular formula is C24H33N3O3S. The fourth-order valence-corrected chi connectivity index (χ4v) is 4.70. The molecule has 0 unspecified atom stereocenters. The van der Waals surface area contributed by atoms with Crippen molar-refractivity contribution in [2.45, 2.75) is 39.7 Å². The lowest BCUT2D eigenvalue weighted by Crippen LogP contribution is -2.29. The minimum absolute atomic E-state index is 0.0953. The second kappa shape index (κ2) is 10.3. The first kappa shape index (κ1) is 23.3. The van der Waals surface area contributed by atoms with E-state index in [2.05, 4.69) is 10.2 Å². The Balaban J connectivity index is 1.59. The first-order valence-electron chi connectivity index (χ1n) is 10.9. The summed E-state index contributed by atoms with van der Waals surface area (Å²) in [5.74, 6) is -0.0953. The van der Waals surface area contributed by atoms with E-state index in [0.29, 0.717) is 17.8 Å². The SMILES string of the molecule is Cc1ccc(N(Cc2ccc(C(=O)NCCCN3CCCC3)cc2)S(C)(=O)=O)cc1C. The highest BCUT2D eigenvalue weighted by Gasteiger charge is 2.19. The van der Waals surface area contributed by atoms with Crippen LogP contribution in [0.5, 0.6) is 0 Å². The average molecular weight is 444 g/mol. The lowest BCUT2D eigenvalue weighted by molar-refractivity contribution is 0.0952. The molecule has 0 aromatic heterocycles. The lowest BCUT2D eigenvalue weighted by atomic mass is 10.1. The van der Waals surface area contributed by atoms with Gasteiger partial charge in [-0.1, -0.05) is 18.2 Å². The molecule has 0 spiro atoms. The molecule has 6 nitrogen and oxygen atoms in total. The van der Waals surface area contributed by atoms with E-state index >= 15 is 0 Å². The van der Waals surface area contributed by atoms with Gasteiger partial charge in [-0.3, -0.25) is 9.10 Å². The predicted octanol–water partition coefficient (Wildman–Crippen LogP) is 3.49. The molecule has 0 atom stereocenters. The van der Waals surface area contributed by atoms with E-state index in [0.717, 1.165) is 29.7 Å². The van der Waals surface area contributed by atoms with Crippen molar-refractivity contribution in [2.75, 3.05) is 36.7 Å². The third-order valence-corrected chi connectivity index (χ3v) is 7.00. The highest BCUT2D eigenvalue weighted by atomic mass is 32.2. The van der Waals surface area contributed by atoms with Crippen molar-refractivity contribution in [3.63, 3.8) is 0 Å². The molecule has 0 saturated carbocycles. The fraction of sp³-hybridized carbons (Fsp3) is 0.458. The maximum Gasteiger partial charge on any atom is 0.251 e. The molecule has 7 heteroatoms. The van der Waals surface area contributed by atoms with Crippen molar-refractivity contribution in [1.29, 1.82) is 0 Å². The molecule has 0 aliphatic carbocycles. The summed E-state index contributed by atoms with van der Waals surface area (Å²) in [6.45, 7) is 8.21. The minimum atomic E-state index is -3.44. The summed E-state index contributed by atoms with van der Waals surface area (Å²) in [5, 5.41) is 2.97. The smallest absolute Gasteiger partial charge is 0.251 e. The third-order valence-electron chi connectivity index (χ3n) is 5.86. The molecule has 2 aromatic rings. The Morgan fingerprint density at radius 3 is 2.32 bits per heavy atom. The quantitative estimate of drug-likeness (QED) is 0.603. The molecule has 1 aliphatic heterocycles. The van der Waals surface area contributed by atoms with Crippen molar-refractivity contribution in [2.24, 2.45) is 0 Å². The number of sulfonamides is 1. The second-order valence-corrected chi connectivity index (χ2v) is 10.3. The van der Waals surface area contributed by atoms with E-state index in [4.69, 9.17) is 0 Å². The number of hydrogen-bond acceptors (Lipinski definition) is 4. The first-order valence-corrected chi connectivity index (χ1v) is 12.7. The number of amides is 1. The average Bonchev–Trinajstić information content (AvgIpc) is 3.24. The van der Waals surface area contributed by atoms with E-state index < -0.39 is 10.0 Å². The van der Waals surface area contributed by atoms with Gasteiger partial charge in [0.05, 0.1) is 18.5 Å². The van der Waals surface area contributed by atoms with Crippen LogP contribution in [0.4, 0.5) is 5.69 Å². The van der Waals surface area contributed by atoms with E-state index in [1.165, 1.54) is 36.5 Å². The zero-order valence-electron chi connectivity index (χ0n) is 18.7. The molecule has 0 bridgehead atoms. The van der Waals surface area contributed by atoms with E-state index in [9.17, 15) is 13.2 Å². The van der Waals surface area contributed by atoms with Crippen LogP contribution in [0.2, 0.25) is 0 Å². The van der Waals surface area contributed by atoms with Crippen LogP contribution in [-0.2, 0) is 16.6 Å². The highest BCUT2D eigenvalue weighted by Crippen LogP contribution is 2.23. The Hall–Kier alpha value is -2.38. The minimum Gasteiger partial charge on any atom is -0.352 e. The van der Waals surface area contributed by atoms with Crippen LogP contribution in [-0.4, -0.2) is 51.7 Å². The molecule has 168 valence electrons.